The highest BCUT2D eigenvalue weighted by Gasteiger charge is 2.27. The van der Waals surface area contributed by atoms with Gasteiger partial charge in [0, 0.05) is 12.0 Å². The Kier molecular flexibility index (Phi) is 4.81. The molecule has 1 aromatic rings. The average molecular weight is 296 g/mol. The minimum atomic E-state index is -0.424. The van der Waals surface area contributed by atoms with Crippen LogP contribution in [-0.2, 0) is 5.41 Å². The molecule has 5 heteroatoms. The second-order valence-corrected chi connectivity index (χ2v) is 7.46. The second-order valence-electron chi connectivity index (χ2n) is 6.60. The summed E-state index contributed by atoms with van der Waals surface area (Å²) in [5, 5.41) is 13.0. The number of nitrogens with one attached hydrogen (secondary N) is 1. The van der Waals surface area contributed by atoms with Gasteiger partial charge < -0.3 is 10.4 Å². The van der Waals surface area contributed by atoms with Crippen molar-refractivity contribution >= 4 is 17.2 Å². The van der Waals surface area contributed by atoms with Crippen molar-refractivity contribution in [3.63, 3.8) is 0 Å². The van der Waals surface area contributed by atoms with Gasteiger partial charge in [-0.1, -0.05) is 33.6 Å². The van der Waals surface area contributed by atoms with E-state index in [-0.39, 0.29) is 11.3 Å². The number of carbonyl (C=O) groups excluding carboxylic acids is 1. The number of aromatic nitrogens is 1. The first-order chi connectivity index (χ1) is 9.39. The van der Waals surface area contributed by atoms with Crippen LogP contribution in [0.5, 0.6) is 0 Å². The summed E-state index contributed by atoms with van der Waals surface area (Å²) in [6.07, 6.45) is 4.11. The predicted octanol–water partition coefficient (Wildman–Crippen LogP) is 2.72. The summed E-state index contributed by atoms with van der Waals surface area (Å²) >= 11 is 1.36. The van der Waals surface area contributed by atoms with Crippen molar-refractivity contribution in [3.05, 3.63) is 16.1 Å². The van der Waals surface area contributed by atoms with Gasteiger partial charge in [0.1, 0.15) is 4.88 Å². The molecule has 0 radical (unpaired) electrons. The van der Waals surface area contributed by atoms with Crippen molar-refractivity contribution in [1.29, 1.82) is 0 Å². The Balaban J connectivity index is 1.93. The average Bonchev–Trinajstić information content (AvgIpc) is 3.03. The Morgan fingerprint density at radius 2 is 2.15 bits per heavy atom. The van der Waals surface area contributed by atoms with Crippen molar-refractivity contribution in [2.75, 3.05) is 6.54 Å². The zero-order chi connectivity index (χ0) is 14.8. The molecule has 0 aliphatic heterocycles. The number of amides is 1. The van der Waals surface area contributed by atoms with E-state index >= 15 is 0 Å². The normalized spacial score (nSPS) is 18.2. The molecule has 1 saturated carbocycles. The van der Waals surface area contributed by atoms with Gasteiger partial charge in [0.25, 0.3) is 5.91 Å². The van der Waals surface area contributed by atoms with E-state index in [0.717, 1.165) is 18.5 Å². The summed E-state index contributed by atoms with van der Waals surface area (Å²) < 4.78 is 0. The molecule has 1 amide bonds. The smallest absolute Gasteiger partial charge is 0.263 e. The Morgan fingerprint density at radius 1 is 1.50 bits per heavy atom. The third kappa shape index (κ3) is 3.58. The van der Waals surface area contributed by atoms with Gasteiger partial charge in [-0.05, 0) is 18.8 Å². The number of aliphatic hydroxyl groups is 1. The number of aliphatic hydroxyl groups excluding tert-OH is 1. The van der Waals surface area contributed by atoms with Gasteiger partial charge >= 0.3 is 0 Å². The fourth-order valence-electron chi connectivity index (χ4n) is 2.73. The molecule has 0 spiro atoms. The largest absolute Gasteiger partial charge is 0.391 e. The van der Waals surface area contributed by atoms with Crippen LogP contribution in [0.2, 0.25) is 0 Å². The SMILES string of the molecule is CC(C)(C)c1ncsc1C(=O)NCC(O)C1CCCC1. The molecule has 0 bridgehead atoms. The summed E-state index contributed by atoms with van der Waals surface area (Å²) in [6, 6.07) is 0. The van der Waals surface area contributed by atoms with E-state index in [2.05, 4.69) is 10.3 Å². The Bertz CT molecular complexity index is 459. The zero-order valence-corrected chi connectivity index (χ0v) is 13.3. The lowest BCUT2D eigenvalue weighted by molar-refractivity contribution is 0.0842. The predicted molar refractivity (Wildman–Crippen MR) is 81.1 cm³/mol. The molecular weight excluding hydrogens is 272 g/mol. The van der Waals surface area contributed by atoms with Crippen LogP contribution in [0.4, 0.5) is 0 Å². The lowest BCUT2D eigenvalue weighted by atomic mass is 9.91. The van der Waals surface area contributed by atoms with E-state index in [1.807, 2.05) is 20.8 Å². The molecule has 1 atom stereocenters. The van der Waals surface area contributed by atoms with E-state index in [1.165, 1.54) is 24.2 Å². The topological polar surface area (TPSA) is 62.2 Å². The van der Waals surface area contributed by atoms with Crippen molar-refractivity contribution in [1.82, 2.24) is 10.3 Å². The molecule has 1 heterocycles. The maximum Gasteiger partial charge on any atom is 0.263 e. The maximum atomic E-state index is 12.2. The van der Waals surface area contributed by atoms with E-state index in [1.54, 1.807) is 5.51 Å². The van der Waals surface area contributed by atoms with Gasteiger partial charge in [-0.3, -0.25) is 4.79 Å². The first-order valence-corrected chi connectivity index (χ1v) is 8.18. The van der Waals surface area contributed by atoms with Crippen LogP contribution in [0.1, 0.15) is 61.8 Å². The van der Waals surface area contributed by atoms with Crippen LogP contribution in [0.15, 0.2) is 5.51 Å². The van der Waals surface area contributed by atoms with E-state index in [9.17, 15) is 9.90 Å². The number of carbonyl (C=O) groups is 1. The number of nitrogens with zero attached hydrogens (tertiary/aromatic N) is 1. The van der Waals surface area contributed by atoms with Gasteiger partial charge in [-0.15, -0.1) is 11.3 Å². The highest BCUT2D eigenvalue weighted by Crippen LogP contribution is 2.28. The molecule has 0 saturated heterocycles. The summed E-state index contributed by atoms with van der Waals surface area (Å²) in [4.78, 5) is 17.2. The quantitative estimate of drug-likeness (QED) is 0.898. The second kappa shape index (κ2) is 6.22. The fourth-order valence-corrected chi connectivity index (χ4v) is 3.64. The molecule has 20 heavy (non-hydrogen) atoms. The van der Waals surface area contributed by atoms with Gasteiger partial charge in [0.2, 0.25) is 0 Å². The van der Waals surface area contributed by atoms with Crippen molar-refractivity contribution in [2.45, 2.75) is 58.0 Å². The van der Waals surface area contributed by atoms with Crippen molar-refractivity contribution in [3.8, 4) is 0 Å². The van der Waals surface area contributed by atoms with Crippen molar-refractivity contribution in [2.24, 2.45) is 5.92 Å². The van der Waals surface area contributed by atoms with E-state index < -0.39 is 6.10 Å². The number of rotatable bonds is 4. The van der Waals surface area contributed by atoms with Gasteiger partial charge in [0.05, 0.1) is 17.3 Å². The van der Waals surface area contributed by atoms with Gasteiger partial charge in [-0.25, -0.2) is 4.98 Å². The van der Waals surface area contributed by atoms with E-state index in [4.69, 9.17) is 0 Å². The molecule has 1 aliphatic carbocycles. The zero-order valence-electron chi connectivity index (χ0n) is 12.5. The lowest BCUT2D eigenvalue weighted by Gasteiger charge is -2.19. The Morgan fingerprint density at radius 3 is 2.75 bits per heavy atom. The monoisotopic (exact) mass is 296 g/mol. The van der Waals surface area contributed by atoms with Gasteiger partial charge in [0.15, 0.2) is 0 Å². The Hall–Kier alpha value is -0.940. The lowest BCUT2D eigenvalue weighted by Crippen LogP contribution is -2.36. The molecule has 1 fully saturated rings. The molecule has 2 rings (SSSR count). The summed E-state index contributed by atoms with van der Waals surface area (Å²) in [5.74, 6) is 0.230. The summed E-state index contributed by atoms with van der Waals surface area (Å²) in [6.45, 7) is 6.48. The highest BCUT2D eigenvalue weighted by atomic mass is 32.1. The first-order valence-electron chi connectivity index (χ1n) is 7.30. The number of hydrogen-bond acceptors (Lipinski definition) is 4. The molecule has 1 aliphatic rings. The summed E-state index contributed by atoms with van der Waals surface area (Å²) in [7, 11) is 0. The summed E-state index contributed by atoms with van der Waals surface area (Å²) in [5.41, 5.74) is 2.40. The van der Waals surface area contributed by atoms with Crippen molar-refractivity contribution < 1.29 is 9.90 Å². The minimum Gasteiger partial charge on any atom is -0.391 e. The highest BCUT2D eigenvalue weighted by molar-refractivity contribution is 7.11. The maximum absolute atomic E-state index is 12.2. The van der Waals surface area contributed by atoms with Crippen LogP contribution in [0.3, 0.4) is 0 Å². The standard InChI is InChI=1S/C15H24N2O2S/c1-15(2,3)13-12(20-9-17-13)14(19)16-8-11(18)10-6-4-5-7-10/h9-11,18H,4-8H2,1-3H3,(H,16,19). The third-order valence-electron chi connectivity index (χ3n) is 3.90. The molecule has 1 aromatic heterocycles. The molecule has 4 nitrogen and oxygen atoms in total. The molecule has 0 aromatic carbocycles. The molecule has 2 N–H and O–H groups in total. The molecular formula is C15H24N2O2S. The van der Waals surface area contributed by atoms with Gasteiger partial charge in [-0.2, -0.15) is 0 Å². The molecule has 1 unspecified atom stereocenters. The first kappa shape index (κ1) is 15.4. The number of hydrogen-bond donors (Lipinski definition) is 2. The Labute approximate surface area is 124 Å². The van der Waals surface area contributed by atoms with Crippen LogP contribution < -0.4 is 5.32 Å². The van der Waals surface area contributed by atoms with Crippen LogP contribution in [-0.4, -0.2) is 28.6 Å². The van der Waals surface area contributed by atoms with Crippen LogP contribution >= 0.6 is 11.3 Å². The van der Waals surface area contributed by atoms with Crippen LogP contribution in [0, 0.1) is 5.92 Å². The third-order valence-corrected chi connectivity index (χ3v) is 4.73. The van der Waals surface area contributed by atoms with Crippen LogP contribution in [0.25, 0.3) is 0 Å². The van der Waals surface area contributed by atoms with E-state index in [0.29, 0.717) is 17.3 Å². The number of thiazole rings is 1. The fraction of sp³-hybridized carbons (Fsp3) is 0.733. The molecule has 112 valence electrons. The minimum absolute atomic E-state index is 0.116.